The van der Waals surface area contributed by atoms with Gasteiger partial charge in [0.25, 0.3) is 10.0 Å². The van der Waals surface area contributed by atoms with E-state index in [4.69, 9.17) is 21.1 Å². The van der Waals surface area contributed by atoms with Gasteiger partial charge in [0.1, 0.15) is 22.5 Å². The summed E-state index contributed by atoms with van der Waals surface area (Å²) in [6, 6.07) is 10.3. The van der Waals surface area contributed by atoms with E-state index in [1.807, 2.05) is 0 Å². The number of nitrogens with one attached hydrogen (secondary N) is 2. The number of alkyl halides is 2. The number of benzene rings is 2. The molecule has 0 unspecified atom stereocenters. The summed E-state index contributed by atoms with van der Waals surface area (Å²) in [5.41, 5.74) is 0.0851. The fraction of sp³-hybridized carbons (Fsp3) is 0.261. The fourth-order valence-corrected chi connectivity index (χ4v) is 5.45. The Kier molecular flexibility index (Phi) is 7.73. The quantitative estimate of drug-likeness (QED) is 0.440. The van der Waals surface area contributed by atoms with Crippen molar-refractivity contribution in [3.63, 3.8) is 0 Å². The van der Waals surface area contributed by atoms with Crippen molar-refractivity contribution in [2.24, 2.45) is 0 Å². The minimum atomic E-state index is -4.42. The highest BCUT2D eigenvalue weighted by Crippen LogP contribution is 2.39. The third-order valence-corrected chi connectivity index (χ3v) is 7.51. The number of nitrogens with zero attached hydrogens (tertiary/aromatic N) is 3. The third kappa shape index (κ3) is 5.97. The lowest BCUT2D eigenvalue weighted by Gasteiger charge is -2.35. The Hall–Kier alpha value is -3.91. The van der Waals surface area contributed by atoms with E-state index in [1.165, 1.54) is 44.2 Å². The highest BCUT2D eigenvalue weighted by Gasteiger charge is 2.37. The van der Waals surface area contributed by atoms with Crippen molar-refractivity contribution in [1.29, 1.82) is 0 Å². The minimum absolute atomic E-state index is 0.0104. The van der Waals surface area contributed by atoms with Gasteiger partial charge in [-0.05, 0) is 49.4 Å². The summed E-state index contributed by atoms with van der Waals surface area (Å²) >= 11 is 5.83. The maximum absolute atomic E-state index is 13.7. The summed E-state index contributed by atoms with van der Waals surface area (Å²) in [6.07, 6.45) is -0.893. The van der Waals surface area contributed by atoms with Gasteiger partial charge in [-0.1, -0.05) is 11.6 Å². The standard InChI is InChI=1S/C23H22ClF2N5O6S/c1-13-21(12-30(29-13)22(25)26)38(34,35)31-11-18(10-27-14(2)32)36-20-8-5-16(9-19(20)31)28-23(33)37-17-6-3-15(24)4-7-17/h3-9,12,18,22H,10-11H2,1-2H3,(H,27,32)(H,28,33)/t18-/m0/s1. The van der Waals surface area contributed by atoms with Gasteiger partial charge < -0.3 is 14.8 Å². The van der Waals surface area contributed by atoms with Crippen LogP contribution in [0.3, 0.4) is 0 Å². The van der Waals surface area contributed by atoms with Crippen molar-refractivity contribution < 1.29 is 36.3 Å². The smallest absolute Gasteiger partial charge is 0.417 e. The number of carbonyl (C=O) groups excluding carboxylic acids is 2. The first-order valence-electron chi connectivity index (χ1n) is 11.1. The zero-order chi connectivity index (χ0) is 27.6. The van der Waals surface area contributed by atoms with Crippen molar-refractivity contribution >= 4 is 45.0 Å². The molecule has 2 heterocycles. The molecule has 2 aromatic carbocycles. The number of anilines is 2. The molecule has 0 fully saturated rings. The van der Waals surface area contributed by atoms with Gasteiger partial charge in [-0.3, -0.25) is 14.4 Å². The number of aryl methyl sites for hydroxylation is 1. The maximum Gasteiger partial charge on any atom is 0.417 e. The second-order valence-corrected chi connectivity index (χ2v) is 10.5. The highest BCUT2D eigenvalue weighted by atomic mass is 35.5. The first kappa shape index (κ1) is 27.1. The van der Waals surface area contributed by atoms with Crippen LogP contribution < -0.4 is 24.4 Å². The Morgan fingerprint density at radius 1 is 1.24 bits per heavy atom. The van der Waals surface area contributed by atoms with E-state index < -0.39 is 33.7 Å². The van der Waals surface area contributed by atoms with E-state index in [0.29, 0.717) is 5.02 Å². The Morgan fingerprint density at radius 3 is 2.58 bits per heavy atom. The number of rotatable bonds is 7. The molecule has 0 spiro atoms. The molecule has 2 N–H and O–H groups in total. The summed E-state index contributed by atoms with van der Waals surface area (Å²) < 4.78 is 66.0. The predicted molar refractivity (Wildman–Crippen MR) is 133 cm³/mol. The van der Waals surface area contributed by atoms with E-state index in [0.717, 1.165) is 10.5 Å². The highest BCUT2D eigenvalue weighted by molar-refractivity contribution is 7.92. The molecule has 1 aliphatic rings. The average Bonchev–Trinajstić information content (AvgIpc) is 3.26. The molecular formula is C23H22ClF2N5O6S. The van der Waals surface area contributed by atoms with E-state index in [-0.39, 0.29) is 52.2 Å². The van der Waals surface area contributed by atoms with Crippen LogP contribution in [0, 0.1) is 6.92 Å². The minimum Gasteiger partial charge on any atom is -0.484 e. The van der Waals surface area contributed by atoms with Crippen LogP contribution >= 0.6 is 11.6 Å². The number of amides is 2. The van der Waals surface area contributed by atoms with Crippen molar-refractivity contribution in [1.82, 2.24) is 15.1 Å². The van der Waals surface area contributed by atoms with E-state index in [9.17, 15) is 26.8 Å². The molecule has 2 amide bonds. The summed E-state index contributed by atoms with van der Waals surface area (Å²) in [4.78, 5) is 23.4. The molecule has 1 aromatic heterocycles. The van der Waals surface area contributed by atoms with Crippen molar-refractivity contribution in [2.45, 2.75) is 31.4 Å². The molecule has 38 heavy (non-hydrogen) atoms. The zero-order valence-corrected chi connectivity index (χ0v) is 21.6. The number of ether oxygens (including phenoxy) is 2. The lowest BCUT2D eigenvalue weighted by Crippen LogP contribution is -2.48. The maximum atomic E-state index is 13.7. The Labute approximate surface area is 221 Å². The monoisotopic (exact) mass is 569 g/mol. The molecule has 0 bridgehead atoms. The Morgan fingerprint density at radius 2 is 1.95 bits per heavy atom. The fourth-order valence-electron chi connectivity index (χ4n) is 3.67. The average molecular weight is 570 g/mol. The number of fused-ring (bicyclic) bond motifs is 1. The zero-order valence-electron chi connectivity index (χ0n) is 20.0. The number of hydrogen-bond donors (Lipinski definition) is 2. The first-order valence-corrected chi connectivity index (χ1v) is 12.9. The van der Waals surface area contributed by atoms with Crippen LogP contribution in [0.25, 0.3) is 0 Å². The van der Waals surface area contributed by atoms with Gasteiger partial charge in [-0.2, -0.15) is 13.9 Å². The second kappa shape index (κ2) is 10.8. The van der Waals surface area contributed by atoms with Crippen molar-refractivity contribution in [3.05, 3.63) is 59.4 Å². The first-order chi connectivity index (χ1) is 17.9. The number of carbonyl (C=O) groups is 2. The van der Waals surface area contributed by atoms with Gasteiger partial charge in [0.2, 0.25) is 5.91 Å². The molecule has 11 nitrogen and oxygen atoms in total. The molecule has 3 aromatic rings. The Bertz CT molecular complexity index is 1470. The summed E-state index contributed by atoms with van der Waals surface area (Å²) in [5, 5.41) is 9.13. The van der Waals surface area contributed by atoms with Crippen molar-refractivity contribution in [3.8, 4) is 11.5 Å². The van der Waals surface area contributed by atoms with Gasteiger partial charge in [-0.15, -0.1) is 0 Å². The van der Waals surface area contributed by atoms with Gasteiger partial charge in [0.15, 0.2) is 0 Å². The van der Waals surface area contributed by atoms with Crippen molar-refractivity contribution in [2.75, 3.05) is 22.7 Å². The van der Waals surface area contributed by atoms with Gasteiger partial charge in [0.05, 0.1) is 30.7 Å². The van der Waals surface area contributed by atoms with Crippen LogP contribution in [0.15, 0.2) is 53.6 Å². The van der Waals surface area contributed by atoms with E-state index in [1.54, 1.807) is 12.1 Å². The summed E-state index contributed by atoms with van der Waals surface area (Å²) in [6.45, 7) is -0.706. The normalized spacial score (nSPS) is 15.0. The molecule has 202 valence electrons. The van der Waals surface area contributed by atoms with Crippen LogP contribution in [-0.4, -0.2) is 49.4 Å². The topological polar surface area (TPSA) is 132 Å². The molecule has 4 rings (SSSR count). The number of sulfonamides is 1. The predicted octanol–water partition coefficient (Wildman–Crippen LogP) is 3.94. The molecule has 0 aliphatic carbocycles. The lowest BCUT2D eigenvalue weighted by molar-refractivity contribution is -0.119. The number of aromatic nitrogens is 2. The van der Waals surface area contributed by atoms with Gasteiger partial charge >= 0.3 is 12.6 Å². The summed E-state index contributed by atoms with van der Waals surface area (Å²) in [5.74, 6) is 0.0111. The van der Waals surface area contributed by atoms with Crippen LogP contribution in [0.2, 0.25) is 5.02 Å². The van der Waals surface area contributed by atoms with Gasteiger partial charge in [-0.25, -0.2) is 17.9 Å². The van der Waals surface area contributed by atoms with Crippen LogP contribution in [0.5, 0.6) is 11.5 Å². The van der Waals surface area contributed by atoms with E-state index in [2.05, 4.69) is 15.7 Å². The van der Waals surface area contributed by atoms with Gasteiger partial charge in [0, 0.05) is 17.6 Å². The molecule has 1 atom stereocenters. The number of hydrogen-bond acceptors (Lipinski definition) is 7. The molecule has 0 saturated heterocycles. The lowest BCUT2D eigenvalue weighted by atomic mass is 10.2. The largest absolute Gasteiger partial charge is 0.484 e. The molecule has 1 aliphatic heterocycles. The molecule has 0 saturated carbocycles. The second-order valence-electron chi connectivity index (χ2n) is 8.20. The molecule has 15 heteroatoms. The van der Waals surface area contributed by atoms with Crippen LogP contribution in [-0.2, 0) is 14.8 Å². The molecular weight excluding hydrogens is 548 g/mol. The SMILES string of the molecule is CC(=O)NC[C@H]1CN(S(=O)(=O)c2cn(C(F)F)nc2C)c2cc(NC(=O)Oc3ccc(Cl)cc3)ccc2O1. The van der Waals surface area contributed by atoms with E-state index >= 15 is 0 Å². The third-order valence-electron chi connectivity index (χ3n) is 5.38. The number of halogens is 3. The molecule has 0 radical (unpaired) electrons. The van der Waals surface area contributed by atoms with Crippen LogP contribution in [0.1, 0.15) is 19.2 Å². The van der Waals surface area contributed by atoms with Crippen LogP contribution in [0.4, 0.5) is 25.0 Å². The summed E-state index contributed by atoms with van der Waals surface area (Å²) in [7, 11) is -4.42. The Balaban J connectivity index is 1.66.